The SMILES string of the molecule is C=CCN1C(=O)NC(=O)/C(=C\c2ccc(OC)c(OC)c2OC)C1=S. The molecule has 0 unspecified atom stereocenters. The van der Waals surface area contributed by atoms with Crippen LogP contribution >= 0.6 is 12.2 Å². The van der Waals surface area contributed by atoms with E-state index < -0.39 is 11.9 Å². The van der Waals surface area contributed by atoms with E-state index in [1.807, 2.05) is 0 Å². The van der Waals surface area contributed by atoms with Gasteiger partial charge >= 0.3 is 6.03 Å². The van der Waals surface area contributed by atoms with Crippen molar-refractivity contribution >= 4 is 35.2 Å². The lowest BCUT2D eigenvalue weighted by atomic mass is 10.1. The monoisotopic (exact) mass is 362 g/mol. The maximum Gasteiger partial charge on any atom is 0.329 e. The van der Waals surface area contributed by atoms with Crippen molar-refractivity contribution in [3.05, 3.63) is 35.9 Å². The van der Waals surface area contributed by atoms with Crippen molar-refractivity contribution < 1.29 is 23.8 Å². The predicted octanol–water partition coefficient (Wildman–Crippen LogP) is 2.16. The topological polar surface area (TPSA) is 77.1 Å². The molecule has 1 aliphatic heterocycles. The number of imide groups is 1. The quantitative estimate of drug-likeness (QED) is 0.475. The average Bonchev–Trinajstić information content (AvgIpc) is 2.61. The minimum absolute atomic E-state index is 0.116. The van der Waals surface area contributed by atoms with E-state index in [-0.39, 0.29) is 17.1 Å². The lowest BCUT2D eigenvalue weighted by Gasteiger charge is -2.28. The highest BCUT2D eigenvalue weighted by Gasteiger charge is 2.32. The molecule has 0 spiro atoms. The van der Waals surface area contributed by atoms with Gasteiger partial charge < -0.3 is 14.2 Å². The van der Waals surface area contributed by atoms with Gasteiger partial charge in [-0.25, -0.2) is 4.79 Å². The second-order valence-electron chi connectivity index (χ2n) is 4.95. The van der Waals surface area contributed by atoms with Gasteiger partial charge in [-0.15, -0.1) is 6.58 Å². The third kappa shape index (κ3) is 3.48. The highest BCUT2D eigenvalue weighted by Crippen LogP contribution is 2.40. The van der Waals surface area contributed by atoms with Crippen molar-refractivity contribution in [2.45, 2.75) is 0 Å². The summed E-state index contributed by atoms with van der Waals surface area (Å²) < 4.78 is 16.0. The Bertz CT molecular complexity index is 773. The highest BCUT2D eigenvalue weighted by molar-refractivity contribution is 7.81. The van der Waals surface area contributed by atoms with Gasteiger partial charge in [0.1, 0.15) is 4.99 Å². The number of thiocarbonyl (C=S) groups is 1. The number of nitrogens with one attached hydrogen (secondary N) is 1. The fourth-order valence-electron chi connectivity index (χ4n) is 2.38. The molecule has 1 heterocycles. The number of hydrogen-bond donors (Lipinski definition) is 1. The fraction of sp³-hybridized carbons (Fsp3) is 0.235. The number of amides is 3. The molecular formula is C17H18N2O5S. The first-order valence-corrected chi connectivity index (χ1v) is 7.68. The lowest BCUT2D eigenvalue weighted by molar-refractivity contribution is -0.116. The maximum absolute atomic E-state index is 12.2. The van der Waals surface area contributed by atoms with Crippen LogP contribution < -0.4 is 19.5 Å². The zero-order valence-corrected chi connectivity index (χ0v) is 14.9. The predicted molar refractivity (Wildman–Crippen MR) is 97.1 cm³/mol. The third-order valence-electron chi connectivity index (χ3n) is 3.53. The summed E-state index contributed by atoms with van der Waals surface area (Å²) in [7, 11) is 4.48. The largest absolute Gasteiger partial charge is 0.493 e. The first-order valence-electron chi connectivity index (χ1n) is 7.27. The molecule has 0 bridgehead atoms. The molecule has 1 saturated heterocycles. The molecular weight excluding hydrogens is 344 g/mol. The Kier molecular flexibility index (Phi) is 5.76. The number of benzene rings is 1. The summed E-state index contributed by atoms with van der Waals surface area (Å²) in [5, 5.41) is 2.25. The van der Waals surface area contributed by atoms with Crippen LogP contribution in [0.2, 0.25) is 0 Å². The summed E-state index contributed by atoms with van der Waals surface area (Å²) in [5.41, 5.74) is 0.725. The summed E-state index contributed by atoms with van der Waals surface area (Å²) in [6.45, 7) is 3.78. The molecule has 0 aliphatic carbocycles. The number of ether oxygens (including phenoxy) is 3. The van der Waals surface area contributed by atoms with Crippen molar-refractivity contribution in [2.75, 3.05) is 27.9 Å². The molecule has 132 valence electrons. The molecule has 1 fully saturated rings. The van der Waals surface area contributed by atoms with Gasteiger partial charge in [0.05, 0.1) is 26.9 Å². The molecule has 0 radical (unpaired) electrons. The zero-order chi connectivity index (χ0) is 18.6. The number of carbonyl (C=O) groups is 2. The summed E-state index contributed by atoms with van der Waals surface area (Å²) in [4.78, 5) is 25.5. The fourth-order valence-corrected chi connectivity index (χ4v) is 2.69. The Morgan fingerprint density at radius 3 is 2.40 bits per heavy atom. The van der Waals surface area contributed by atoms with Gasteiger partial charge in [0.15, 0.2) is 11.5 Å². The first kappa shape index (κ1) is 18.5. The van der Waals surface area contributed by atoms with E-state index >= 15 is 0 Å². The first-order chi connectivity index (χ1) is 12.0. The van der Waals surface area contributed by atoms with Crippen LogP contribution in [-0.2, 0) is 4.79 Å². The average molecular weight is 362 g/mol. The second-order valence-corrected chi connectivity index (χ2v) is 5.33. The number of carbonyl (C=O) groups excluding carboxylic acids is 2. The van der Waals surface area contributed by atoms with Crippen LogP contribution in [0.1, 0.15) is 5.56 Å². The van der Waals surface area contributed by atoms with Gasteiger partial charge in [-0.05, 0) is 18.2 Å². The maximum atomic E-state index is 12.2. The molecule has 0 atom stereocenters. The number of methoxy groups -OCH3 is 3. The summed E-state index contributed by atoms with van der Waals surface area (Å²) in [5.74, 6) is 0.686. The Morgan fingerprint density at radius 1 is 1.16 bits per heavy atom. The lowest BCUT2D eigenvalue weighted by Crippen LogP contribution is -2.53. The van der Waals surface area contributed by atoms with Gasteiger partial charge in [-0.2, -0.15) is 0 Å². The molecule has 1 N–H and O–H groups in total. The van der Waals surface area contributed by atoms with Crippen molar-refractivity contribution in [1.82, 2.24) is 10.2 Å². The Balaban J connectivity index is 2.54. The zero-order valence-electron chi connectivity index (χ0n) is 14.1. The van der Waals surface area contributed by atoms with Crippen molar-refractivity contribution in [2.24, 2.45) is 0 Å². The molecule has 1 aromatic carbocycles. The molecule has 7 nitrogen and oxygen atoms in total. The number of hydrogen-bond acceptors (Lipinski definition) is 6. The summed E-state index contributed by atoms with van der Waals surface area (Å²) in [6.07, 6.45) is 3.07. The molecule has 0 aromatic heterocycles. The normalized spacial score (nSPS) is 15.9. The van der Waals surface area contributed by atoms with Crippen LogP contribution in [0.4, 0.5) is 4.79 Å². The molecule has 1 aliphatic rings. The summed E-state index contributed by atoms with van der Waals surface area (Å²) in [6, 6.07) is 2.81. The highest BCUT2D eigenvalue weighted by atomic mass is 32.1. The van der Waals surface area contributed by atoms with E-state index in [4.69, 9.17) is 26.4 Å². The van der Waals surface area contributed by atoms with Crippen LogP contribution in [0.5, 0.6) is 17.2 Å². The van der Waals surface area contributed by atoms with Gasteiger partial charge in [-0.1, -0.05) is 18.3 Å². The van der Waals surface area contributed by atoms with Gasteiger partial charge in [0.25, 0.3) is 5.91 Å². The Labute approximate surface area is 150 Å². The third-order valence-corrected chi connectivity index (χ3v) is 3.97. The van der Waals surface area contributed by atoms with Crippen LogP contribution in [0.15, 0.2) is 30.4 Å². The minimum Gasteiger partial charge on any atom is -0.493 e. The molecule has 2 rings (SSSR count). The van der Waals surface area contributed by atoms with Crippen LogP contribution in [0.3, 0.4) is 0 Å². The van der Waals surface area contributed by atoms with Crippen molar-refractivity contribution in [3.63, 3.8) is 0 Å². The van der Waals surface area contributed by atoms with E-state index in [1.165, 1.54) is 32.3 Å². The molecule has 8 heteroatoms. The van der Waals surface area contributed by atoms with Gasteiger partial charge in [0, 0.05) is 12.1 Å². The van der Waals surface area contributed by atoms with Crippen LogP contribution in [-0.4, -0.2) is 49.7 Å². The van der Waals surface area contributed by atoms with E-state index in [0.717, 1.165) is 0 Å². The van der Waals surface area contributed by atoms with E-state index in [9.17, 15) is 9.59 Å². The Morgan fingerprint density at radius 2 is 1.84 bits per heavy atom. The Hall–Kier alpha value is -2.87. The molecule has 25 heavy (non-hydrogen) atoms. The number of rotatable bonds is 6. The smallest absolute Gasteiger partial charge is 0.329 e. The van der Waals surface area contributed by atoms with E-state index in [1.54, 1.807) is 18.2 Å². The van der Waals surface area contributed by atoms with Crippen molar-refractivity contribution in [3.8, 4) is 17.2 Å². The van der Waals surface area contributed by atoms with Crippen molar-refractivity contribution in [1.29, 1.82) is 0 Å². The molecule has 3 amide bonds. The van der Waals surface area contributed by atoms with Gasteiger partial charge in [-0.3, -0.25) is 15.0 Å². The second kappa shape index (κ2) is 7.80. The van der Waals surface area contributed by atoms with Gasteiger partial charge in [0.2, 0.25) is 5.75 Å². The molecule has 1 aromatic rings. The molecule has 0 saturated carbocycles. The number of urea groups is 1. The van der Waals surface area contributed by atoms with E-state index in [0.29, 0.717) is 22.8 Å². The number of nitrogens with zero attached hydrogens (tertiary/aromatic N) is 1. The van der Waals surface area contributed by atoms with E-state index in [2.05, 4.69) is 11.9 Å². The van der Waals surface area contributed by atoms with Crippen LogP contribution in [0.25, 0.3) is 6.08 Å². The standard InChI is InChI=1S/C17H18N2O5S/c1-5-8-19-16(25)11(15(20)18-17(19)21)9-10-6-7-12(22-2)14(24-4)13(10)23-3/h5-7,9H,1,8H2,2-4H3,(H,18,20,21)/b11-9+. The summed E-state index contributed by atoms with van der Waals surface area (Å²) >= 11 is 5.29. The minimum atomic E-state index is -0.577. The van der Waals surface area contributed by atoms with Crippen LogP contribution in [0, 0.1) is 0 Å².